The average Bonchev–Trinajstić information content (AvgIpc) is 2.74. The van der Waals surface area contributed by atoms with Crippen molar-refractivity contribution in [1.29, 1.82) is 0 Å². The molecular weight excluding hydrogens is 593 g/mol. The largest absolute Gasteiger partial charge is 0.468 e. The van der Waals surface area contributed by atoms with Crippen LogP contribution >= 0.6 is 0 Å². The van der Waals surface area contributed by atoms with Crippen LogP contribution in [-0.4, -0.2) is 68.3 Å². The van der Waals surface area contributed by atoms with E-state index in [4.69, 9.17) is 16.5 Å². The third kappa shape index (κ3) is 22.0. The normalized spacial score (nSPS) is 14.3. The lowest BCUT2D eigenvalue weighted by Gasteiger charge is -2.37. The second-order valence-corrected chi connectivity index (χ2v) is 34.7. The molecule has 0 aromatic carbocycles. The maximum atomic E-state index is 11.5. The zero-order chi connectivity index (χ0) is 29.2. The minimum atomic E-state index is -2.55. The fraction of sp³-hybridized carbons (Fsp3) is 1.00. The zero-order valence-corrected chi connectivity index (χ0v) is 34.6. The summed E-state index contributed by atoms with van der Waals surface area (Å²) in [6.45, 7) is 25.2. The standard InChI is InChI=1S/C26H66O5SSi6/c1-12-32(27)23-20-18-16-14-13-15-17-19-21-24-36(8,9)31-37(10,11)25-22-26-38(28-33(2)3,29-34(4)5)30-35(6)7/h33-35H,12-26H2,1-11H3. The van der Waals surface area contributed by atoms with Crippen LogP contribution < -0.4 is 0 Å². The summed E-state index contributed by atoms with van der Waals surface area (Å²) in [4.78, 5) is 0. The van der Waals surface area contributed by atoms with E-state index in [0.717, 1.165) is 30.4 Å². The molecule has 0 aromatic rings. The third-order valence-corrected chi connectivity index (χ3v) is 26.4. The Labute approximate surface area is 249 Å². The molecule has 12 heteroatoms. The molecule has 0 saturated carbocycles. The third-order valence-electron chi connectivity index (χ3n) is 6.53. The fourth-order valence-electron chi connectivity index (χ4n) is 5.11. The maximum absolute atomic E-state index is 11.5. The zero-order valence-electron chi connectivity index (χ0n) is 27.3. The smallest absolute Gasteiger partial charge is 0.455 e. The van der Waals surface area contributed by atoms with Crippen molar-refractivity contribution in [2.75, 3.05) is 11.5 Å². The van der Waals surface area contributed by atoms with E-state index >= 15 is 0 Å². The van der Waals surface area contributed by atoms with Gasteiger partial charge in [-0.15, -0.1) is 0 Å². The van der Waals surface area contributed by atoms with Crippen LogP contribution in [-0.2, 0) is 27.3 Å². The van der Waals surface area contributed by atoms with Gasteiger partial charge in [-0.2, -0.15) is 0 Å². The first kappa shape index (κ1) is 39.3. The molecule has 0 fully saturated rings. The van der Waals surface area contributed by atoms with Crippen molar-refractivity contribution < 1.29 is 20.7 Å². The summed E-state index contributed by atoms with van der Waals surface area (Å²) >= 11 is 0. The molecule has 5 nitrogen and oxygen atoms in total. The van der Waals surface area contributed by atoms with Crippen LogP contribution in [0.4, 0.5) is 0 Å². The quantitative estimate of drug-likeness (QED) is 0.0735. The minimum Gasteiger partial charge on any atom is -0.455 e. The van der Waals surface area contributed by atoms with E-state index in [-0.39, 0.29) is 0 Å². The number of hydrogen-bond donors (Lipinski definition) is 0. The predicted octanol–water partition coefficient (Wildman–Crippen LogP) is 8.02. The molecule has 1 unspecified atom stereocenters. The van der Waals surface area contributed by atoms with Crippen molar-refractivity contribution in [2.24, 2.45) is 0 Å². The Bertz CT molecular complexity index is 596. The summed E-state index contributed by atoms with van der Waals surface area (Å²) in [5.74, 6) is 1.71. The SMILES string of the molecule is CCS(=O)CCCCCCCCCCC[Si](C)(C)O[Si](C)(C)CCC[Si](O[SiH](C)C)(O[SiH](C)C)O[SiH](C)C. The van der Waals surface area contributed by atoms with Crippen LogP contribution in [0.25, 0.3) is 0 Å². The van der Waals surface area contributed by atoms with Gasteiger partial charge in [-0.3, -0.25) is 4.21 Å². The summed E-state index contributed by atoms with van der Waals surface area (Å²) in [5.41, 5.74) is 0. The molecule has 0 aliphatic heterocycles. The lowest BCUT2D eigenvalue weighted by molar-refractivity contribution is 0.267. The number of unbranched alkanes of at least 4 members (excludes halogenated alkanes) is 8. The van der Waals surface area contributed by atoms with Crippen LogP contribution in [0.5, 0.6) is 0 Å². The molecule has 0 bridgehead atoms. The molecule has 0 rings (SSSR count). The van der Waals surface area contributed by atoms with Gasteiger partial charge in [-0.25, -0.2) is 0 Å². The molecule has 0 aliphatic carbocycles. The number of rotatable bonds is 25. The van der Waals surface area contributed by atoms with Crippen molar-refractivity contribution in [3.8, 4) is 0 Å². The van der Waals surface area contributed by atoms with Crippen molar-refractivity contribution >= 4 is 63.4 Å². The molecule has 0 aliphatic rings. The van der Waals surface area contributed by atoms with E-state index in [1.807, 2.05) is 6.92 Å². The van der Waals surface area contributed by atoms with Crippen LogP contribution in [0, 0.1) is 0 Å². The monoisotopic (exact) mass is 658 g/mol. The molecule has 1 atom stereocenters. The topological polar surface area (TPSA) is 54.0 Å². The van der Waals surface area contributed by atoms with Crippen molar-refractivity contribution in [3.05, 3.63) is 0 Å². The van der Waals surface area contributed by atoms with Crippen LogP contribution in [0.15, 0.2) is 0 Å². The summed E-state index contributed by atoms with van der Waals surface area (Å²) in [5, 5.41) is 0. The Kier molecular flexibility index (Phi) is 21.8. The Hall–Kier alpha value is 1.29. The predicted molar refractivity (Wildman–Crippen MR) is 186 cm³/mol. The molecule has 230 valence electrons. The van der Waals surface area contributed by atoms with Gasteiger partial charge < -0.3 is 16.5 Å². The average molecular weight is 659 g/mol. The minimum absolute atomic E-state index is 0.580. The van der Waals surface area contributed by atoms with E-state index in [1.165, 1.54) is 63.5 Å². The highest BCUT2D eigenvalue weighted by Gasteiger charge is 2.43. The van der Waals surface area contributed by atoms with Crippen molar-refractivity contribution in [1.82, 2.24) is 0 Å². The molecular formula is C26H66O5SSi6. The Morgan fingerprint density at radius 1 is 0.553 bits per heavy atom. The van der Waals surface area contributed by atoms with Gasteiger partial charge in [0.2, 0.25) is 0 Å². The van der Waals surface area contributed by atoms with Gasteiger partial charge in [-0.1, -0.05) is 58.3 Å². The van der Waals surface area contributed by atoms with Gasteiger partial charge in [-0.05, 0) is 90.4 Å². The molecule has 0 aromatic heterocycles. The first-order chi connectivity index (χ1) is 17.6. The van der Waals surface area contributed by atoms with E-state index in [0.29, 0.717) is 0 Å². The molecule has 0 amide bonds. The van der Waals surface area contributed by atoms with E-state index in [1.54, 1.807) is 0 Å². The molecule has 0 heterocycles. The second kappa shape index (κ2) is 21.1. The van der Waals surface area contributed by atoms with Gasteiger partial charge in [0, 0.05) is 28.3 Å². The van der Waals surface area contributed by atoms with Crippen molar-refractivity contribution in [3.63, 3.8) is 0 Å². The van der Waals surface area contributed by atoms with Crippen molar-refractivity contribution in [2.45, 2.75) is 155 Å². The number of hydrogen-bond acceptors (Lipinski definition) is 5. The Balaban J connectivity index is 4.37. The van der Waals surface area contributed by atoms with Crippen LogP contribution in [0.2, 0.25) is 83.6 Å². The molecule has 0 radical (unpaired) electrons. The lowest BCUT2D eigenvalue weighted by Crippen LogP contribution is -2.53. The summed E-state index contributed by atoms with van der Waals surface area (Å²) in [6.07, 6.45) is 12.9. The van der Waals surface area contributed by atoms with Gasteiger partial charge in [0.15, 0.2) is 43.8 Å². The van der Waals surface area contributed by atoms with Gasteiger partial charge in [0.1, 0.15) is 0 Å². The van der Waals surface area contributed by atoms with Crippen LogP contribution in [0.1, 0.15) is 71.1 Å². The Morgan fingerprint density at radius 2 is 0.921 bits per heavy atom. The first-order valence-electron chi connectivity index (χ1n) is 15.7. The fourth-order valence-corrected chi connectivity index (χ4v) is 28.0. The molecule has 0 spiro atoms. The highest BCUT2D eigenvalue weighted by Crippen LogP contribution is 2.29. The second-order valence-electron chi connectivity index (χ2n) is 13.0. The van der Waals surface area contributed by atoms with Crippen LogP contribution in [0.3, 0.4) is 0 Å². The summed E-state index contributed by atoms with van der Waals surface area (Å²) in [6, 6.07) is 3.42. The van der Waals surface area contributed by atoms with Gasteiger partial charge in [0.05, 0.1) is 0 Å². The van der Waals surface area contributed by atoms with E-state index in [2.05, 4.69) is 65.5 Å². The van der Waals surface area contributed by atoms with E-state index in [9.17, 15) is 4.21 Å². The highest BCUT2D eigenvalue weighted by atomic mass is 32.2. The van der Waals surface area contributed by atoms with Gasteiger partial charge >= 0.3 is 8.80 Å². The maximum Gasteiger partial charge on any atom is 0.468 e. The first-order valence-corrected chi connectivity index (χ1v) is 33.7. The lowest BCUT2D eigenvalue weighted by atomic mass is 10.1. The molecule has 38 heavy (non-hydrogen) atoms. The van der Waals surface area contributed by atoms with E-state index < -0.39 is 63.4 Å². The molecule has 0 saturated heterocycles. The summed E-state index contributed by atoms with van der Waals surface area (Å²) in [7, 11) is -10.2. The molecule has 0 N–H and O–H groups in total. The summed E-state index contributed by atoms with van der Waals surface area (Å²) < 4.78 is 38.2. The Morgan fingerprint density at radius 3 is 1.32 bits per heavy atom. The van der Waals surface area contributed by atoms with Gasteiger partial charge in [0.25, 0.3) is 0 Å². The highest BCUT2D eigenvalue weighted by molar-refractivity contribution is 7.84.